The van der Waals surface area contributed by atoms with Crippen molar-refractivity contribution in [2.24, 2.45) is 0 Å². The summed E-state index contributed by atoms with van der Waals surface area (Å²) in [6.07, 6.45) is 0.929. The van der Waals surface area contributed by atoms with E-state index in [2.05, 4.69) is 66.0 Å². The second-order valence-corrected chi connectivity index (χ2v) is 7.46. The van der Waals surface area contributed by atoms with Gasteiger partial charge in [0.1, 0.15) is 0 Å². The predicted molar refractivity (Wildman–Crippen MR) is 95.5 cm³/mol. The summed E-state index contributed by atoms with van der Waals surface area (Å²) in [5.74, 6) is 0. The maximum atomic E-state index is 11.6. The van der Waals surface area contributed by atoms with Crippen molar-refractivity contribution in [2.45, 2.75) is 26.2 Å². The molecule has 0 atom stereocenters. The number of fused-ring (bicyclic) bond motifs is 1. The van der Waals surface area contributed by atoms with Crippen LogP contribution in [0.25, 0.3) is 22.2 Å². The molecule has 1 N–H and O–H groups in total. The molecule has 3 heteroatoms. The summed E-state index contributed by atoms with van der Waals surface area (Å²) in [4.78, 5) is 14.9. The second kappa shape index (κ2) is 5.40. The number of rotatable bonds is 2. The van der Waals surface area contributed by atoms with E-state index in [0.29, 0.717) is 5.56 Å². The molecular formula is C19H18BrNO. The maximum Gasteiger partial charge on any atom is 0.152 e. The van der Waals surface area contributed by atoms with Gasteiger partial charge in [-0.25, -0.2) is 0 Å². The van der Waals surface area contributed by atoms with Crippen molar-refractivity contribution in [3.8, 4) is 11.3 Å². The van der Waals surface area contributed by atoms with E-state index in [1.54, 1.807) is 0 Å². The molecule has 0 radical (unpaired) electrons. The fourth-order valence-electron chi connectivity index (χ4n) is 2.67. The summed E-state index contributed by atoms with van der Waals surface area (Å²) in [7, 11) is 0. The van der Waals surface area contributed by atoms with Gasteiger partial charge in [0.05, 0.1) is 5.69 Å². The Kier molecular flexibility index (Phi) is 3.69. The Morgan fingerprint density at radius 2 is 1.73 bits per heavy atom. The van der Waals surface area contributed by atoms with Gasteiger partial charge in [-0.05, 0) is 34.7 Å². The number of nitrogens with one attached hydrogen (secondary N) is 1. The van der Waals surface area contributed by atoms with E-state index in [4.69, 9.17) is 0 Å². The van der Waals surface area contributed by atoms with E-state index in [-0.39, 0.29) is 5.41 Å². The minimum atomic E-state index is 0.122. The van der Waals surface area contributed by atoms with Crippen LogP contribution >= 0.6 is 15.9 Å². The first-order valence-electron chi connectivity index (χ1n) is 7.27. The number of aromatic nitrogens is 1. The molecule has 1 aromatic heterocycles. The fourth-order valence-corrected chi connectivity index (χ4v) is 3.03. The summed E-state index contributed by atoms with van der Waals surface area (Å²) in [5.41, 5.74) is 4.99. The maximum absolute atomic E-state index is 11.6. The molecule has 0 aliphatic rings. The van der Waals surface area contributed by atoms with Crippen LogP contribution in [0.15, 0.2) is 46.9 Å². The summed E-state index contributed by atoms with van der Waals surface area (Å²) >= 11 is 3.46. The molecule has 2 aromatic carbocycles. The molecule has 0 amide bonds. The van der Waals surface area contributed by atoms with Crippen LogP contribution in [0.5, 0.6) is 0 Å². The molecule has 2 nitrogen and oxygen atoms in total. The Bertz CT molecular complexity index is 838. The van der Waals surface area contributed by atoms with Gasteiger partial charge in [0.25, 0.3) is 0 Å². The topological polar surface area (TPSA) is 32.9 Å². The molecule has 0 bridgehead atoms. The standard InChI is InChI=1S/C19H18BrNO/c1-19(2,3)13-6-4-12(5-7-13)18-16(11-22)15-10-14(20)8-9-17(15)21-18/h4-11,21H,1-3H3. The molecule has 0 aliphatic carbocycles. The van der Waals surface area contributed by atoms with Crippen LogP contribution in [-0.4, -0.2) is 11.3 Å². The van der Waals surface area contributed by atoms with Crippen molar-refractivity contribution in [3.63, 3.8) is 0 Å². The van der Waals surface area contributed by atoms with Crippen molar-refractivity contribution >= 4 is 33.1 Å². The van der Waals surface area contributed by atoms with E-state index >= 15 is 0 Å². The summed E-state index contributed by atoms with van der Waals surface area (Å²) < 4.78 is 0.969. The first kappa shape index (κ1) is 15.0. The number of halogens is 1. The van der Waals surface area contributed by atoms with E-state index in [9.17, 15) is 4.79 Å². The summed E-state index contributed by atoms with van der Waals surface area (Å²) in [6.45, 7) is 6.58. The van der Waals surface area contributed by atoms with Crippen LogP contribution in [0.4, 0.5) is 0 Å². The van der Waals surface area contributed by atoms with E-state index in [1.165, 1.54) is 5.56 Å². The number of carbonyl (C=O) groups is 1. The molecule has 0 spiro atoms. The molecule has 0 unspecified atom stereocenters. The molecule has 0 saturated heterocycles. The first-order chi connectivity index (χ1) is 10.4. The van der Waals surface area contributed by atoms with Gasteiger partial charge < -0.3 is 4.98 Å². The Balaban J connectivity index is 2.15. The zero-order valence-electron chi connectivity index (χ0n) is 12.9. The van der Waals surface area contributed by atoms with Gasteiger partial charge in [-0.2, -0.15) is 0 Å². The van der Waals surface area contributed by atoms with Crippen LogP contribution in [0.3, 0.4) is 0 Å². The van der Waals surface area contributed by atoms with Crippen molar-refractivity contribution in [2.75, 3.05) is 0 Å². The zero-order chi connectivity index (χ0) is 15.9. The smallest absolute Gasteiger partial charge is 0.152 e. The highest BCUT2D eigenvalue weighted by molar-refractivity contribution is 9.10. The normalized spacial score (nSPS) is 11.8. The van der Waals surface area contributed by atoms with Gasteiger partial charge in [0.15, 0.2) is 6.29 Å². The van der Waals surface area contributed by atoms with Crippen molar-refractivity contribution in [3.05, 3.63) is 58.1 Å². The van der Waals surface area contributed by atoms with Gasteiger partial charge in [0, 0.05) is 20.9 Å². The minimum Gasteiger partial charge on any atom is -0.354 e. The number of aromatic amines is 1. The second-order valence-electron chi connectivity index (χ2n) is 6.55. The Morgan fingerprint density at radius 1 is 1.05 bits per heavy atom. The molecule has 0 saturated carbocycles. The van der Waals surface area contributed by atoms with E-state index in [0.717, 1.165) is 32.9 Å². The van der Waals surface area contributed by atoms with E-state index in [1.807, 2.05) is 18.2 Å². The zero-order valence-corrected chi connectivity index (χ0v) is 14.5. The Hall–Kier alpha value is -1.87. The van der Waals surface area contributed by atoms with E-state index < -0.39 is 0 Å². The third-order valence-corrected chi connectivity index (χ3v) is 4.45. The highest BCUT2D eigenvalue weighted by atomic mass is 79.9. The molecule has 112 valence electrons. The van der Waals surface area contributed by atoms with Crippen LogP contribution in [0, 0.1) is 0 Å². The lowest BCUT2D eigenvalue weighted by Gasteiger charge is -2.19. The highest BCUT2D eigenvalue weighted by Gasteiger charge is 2.16. The average Bonchev–Trinajstić information content (AvgIpc) is 2.84. The molecule has 22 heavy (non-hydrogen) atoms. The molecule has 3 aromatic rings. The number of aldehydes is 1. The lowest BCUT2D eigenvalue weighted by molar-refractivity contribution is 0.112. The number of carbonyl (C=O) groups excluding carboxylic acids is 1. The van der Waals surface area contributed by atoms with Crippen molar-refractivity contribution in [1.29, 1.82) is 0 Å². The number of H-pyrrole nitrogens is 1. The SMILES string of the molecule is CC(C)(C)c1ccc(-c2[nH]c3ccc(Br)cc3c2C=O)cc1. The molecule has 0 aliphatic heterocycles. The monoisotopic (exact) mass is 355 g/mol. The Morgan fingerprint density at radius 3 is 2.32 bits per heavy atom. The molecule has 3 rings (SSSR count). The van der Waals surface area contributed by atoms with Gasteiger partial charge in [-0.3, -0.25) is 4.79 Å². The van der Waals surface area contributed by atoms with Crippen molar-refractivity contribution < 1.29 is 4.79 Å². The summed E-state index contributed by atoms with van der Waals surface area (Å²) in [5, 5.41) is 0.944. The molecular weight excluding hydrogens is 338 g/mol. The van der Waals surface area contributed by atoms with Crippen LogP contribution in [0.1, 0.15) is 36.7 Å². The van der Waals surface area contributed by atoms with Gasteiger partial charge >= 0.3 is 0 Å². The van der Waals surface area contributed by atoms with Gasteiger partial charge in [-0.15, -0.1) is 0 Å². The van der Waals surface area contributed by atoms with Crippen LogP contribution in [0.2, 0.25) is 0 Å². The molecule has 0 fully saturated rings. The molecule has 1 heterocycles. The lowest BCUT2D eigenvalue weighted by atomic mass is 9.86. The van der Waals surface area contributed by atoms with Gasteiger partial charge in [-0.1, -0.05) is 61.0 Å². The minimum absolute atomic E-state index is 0.122. The third kappa shape index (κ3) is 2.61. The van der Waals surface area contributed by atoms with Crippen molar-refractivity contribution in [1.82, 2.24) is 4.98 Å². The quantitative estimate of drug-likeness (QED) is 0.587. The average molecular weight is 356 g/mol. The number of hydrogen-bond donors (Lipinski definition) is 1. The largest absolute Gasteiger partial charge is 0.354 e. The third-order valence-electron chi connectivity index (χ3n) is 3.96. The lowest BCUT2D eigenvalue weighted by Crippen LogP contribution is -2.10. The number of benzene rings is 2. The fraction of sp³-hybridized carbons (Fsp3) is 0.211. The van der Waals surface area contributed by atoms with Crippen LogP contribution < -0.4 is 0 Å². The van der Waals surface area contributed by atoms with Gasteiger partial charge in [0.2, 0.25) is 0 Å². The first-order valence-corrected chi connectivity index (χ1v) is 8.07. The number of hydrogen-bond acceptors (Lipinski definition) is 1. The predicted octanol–water partition coefficient (Wildman–Crippen LogP) is 5.71. The summed E-state index contributed by atoms with van der Waals surface area (Å²) in [6, 6.07) is 14.3. The van der Waals surface area contributed by atoms with Crippen LogP contribution in [-0.2, 0) is 5.41 Å². The highest BCUT2D eigenvalue weighted by Crippen LogP contribution is 2.32. The Labute approximate surface area is 138 Å².